The molecular weight excluding hydrogens is 382 g/mol. The summed E-state index contributed by atoms with van der Waals surface area (Å²) in [4.78, 5) is 19.8. The monoisotopic (exact) mass is 409 g/mol. The molecule has 1 amide bonds. The maximum Gasteiger partial charge on any atom is 0.223 e. The van der Waals surface area contributed by atoms with Crippen LogP contribution in [0.1, 0.15) is 25.3 Å². The number of hydrogen-bond donors (Lipinski definition) is 1. The number of thiazole rings is 1. The molecule has 1 atom stereocenters. The number of benzene rings is 2. The highest BCUT2D eigenvalue weighted by molar-refractivity contribution is 7.22. The summed E-state index contributed by atoms with van der Waals surface area (Å²) in [5.74, 6) is 1.10. The number of amides is 1. The molecule has 3 aromatic rings. The van der Waals surface area contributed by atoms with Crippen LogP contribution in [-0.2, 0) is 11.2 Å². The molecule has 1 unspecified atom stereocenters. The van der Waals surface area contributed by atoms with Gasteiger partial charge >= 0.3 is 0 Å². The Balaban J connectivity index is 1.29. The highest BCUT2D eigenvalue weighted by atomic mass is 32.1. The van der Waals surface area contributed by atoms with E-state index >= 15 is 0 Å². The van der Waals surface area contributed by atoms with Crippen LogP contribution in [0.2, 0.25) is 0 Å². The maximum absolute atomic E-state index is 12.7. The number of carbonyl (C=O) groups excluding carboxylic acids is 1. The Labute approximate surface area is 175 Å². The first-order valence-corrected chi connectivity index (χ1v) is 11.0. The number of ether oxygens (including phenoxy) is 1. The van der Waals surface area contributed by atoms with Crippen LogP contribution in [0, 0.1) is 5.92 Å². The van der Waals surface area contributed by atoms with E-state index in [4.69, 9.17) is 9.72 Å². The predicted molar refractivity (Wildman–Crippen MR) is 119 cm³/mol. The molecule has 1 saturated heterocycles. The third-order valence-electron chi connectivity index (χ3n) is 5.48. The summed E-state index contributed by atoms with van der Waals surface area (Å²) in [6.07, 6.45) is 2.54. The van der Waals surface area contributed by atoms with Gasteiger partial charge in [0, 0.05) is 25.0 Å². The van der Waals surface area contributed by atoms with Gasteiger partial charge in [-0.1, -0.05) is 35.6 Å². The van der Waals surface area contributed by atoms with Crippen molar-refractivity contribution in [3.63, 3.8) is 0 Å². The summed E-state index contributed by atoms with van der Waals surface area (Å²) in [7, 11) is 1.67. The minimum absolute atomic E-state index is 0.0772. The van der Waals surface area contributed by atoms with Crippen molar-refractivity contribution in [3.05, 3.63) is 54.1 Å². The van der Waals surface area contributed by atoms with Crippen molar-refractivity contribution in [3.8, 4) is 5.75 Å². The standard InChI is InChI=1S/C23H27N3O2S/c1-16(14-17-6-5-7-19(15-17)28-2)24-22(27)18-10-12-26(13-11-18)23-25-20-8-3-4-9-21(20)29-23/h3-9,15-16,18H,10-14H2,1-2H3,(H,24,27). The molecule has 5 nitrogen and oxygen atoms in total. The highest BCUT2D eigenvalue weighted by Gasteiger charge is 2.27. The van der Waals surface area contributed by atoms with Crippen LogP contribution < -0.4 is 15.0 Å². The average Bonchev–Trinajstić information content (AvgIpc) is 3.18. The van der Waals surface area contributed by atoms with Crippen LogP contribution in [0.15, 0.2) is 48.5 Å². The van der Waals surface area contributed by atoms with E-state index in [0.29, 0.717) is 0 Å². The number of methoxy groups -OCH3 is 1. The summed E-state index contributed by atoms with van der Waals surface area (Å²) in [6, 6.07) is 16.4. The van der Waals surface area contributed by atoms with E-state index < -0.39 is 0 Å². The van der Waals surface area contributed by atoms with Gasteiger partial charge in [-0.15, -0.1) is 0 Å². The van der Waals surface area contributed by atoms with Crippen molar-refractivity contribution in [2.75, 3.05) is 25.1 Å². The molecule has 2 aromatic carbocycles. The number of para-hydroxylation sites is 1. The zero-order valence-electron chi connectivity index (χ0n) is 16.9. The molecule has 0 saturated carbocycles. The summed E-state index contributed by atoms with van der Waals surface area (Å²) >= 11 is 1.73. The van der Waals surface area contributed by atoms with E-state index in [2.05, 4.69) is 35.3 Å². The lowest BCUT2D eigenvalue weighted by Gasteiger charge is -2.31. The molecule has 0 aliphatic carbocycles. The number of piperidine rings is 1. The number of nitrogens with one attached hydrogen (secondary N) is 1. The SMILES string of the molecule is COc1cccc(CC(C)NC(=O)C2CCN(c3nc4ccccc4s3)CC2)c1. The minimum Gasteiger partial charge on any atom is -0.497 e. The Hall–Kier alpha value is -2.60. The second kappa shape index (κ2) is 8.82. The van der Waals surface area contributed by atoms with Crippen LogP contribution in [0.5, 0.6) is 5.75 Å². The zero-order chi connectivity index (χ0) is 20.2. The Morgan fingerprint density at radius 1 is 1.24 bits per heavy atom. The van der Waals surface area contributed by atoms with Crippen molar-refractivity contribution in [2.24, 2.45) is 5.92 Å². The van der Waals surface area contributed by atoms with Crippen molar-refractivity contribution < 1.29 is 9.53 Å². The van der Waals surface area contributed by atoms with Crippen molar-refractivity contribution in [2.45, 2.75) is 32.2 Å². The average molecular weight is 410 g/mol. The van der Waals surface area contributed by atoms with Crippen molar-refractivity contribution in [1.82, 2.24) is 10.3 Å². The summed E-state index contributed by atoms with van der Waals surface area (Å²) in [6.45, 7) is 3.82. The van der Waals surface area contributed by atoms with E-state index in [9.17, 15) is 4.79 Å². The van der Waals surface area contributed by atoms with E-state index in [-0.39, 0.29) is 17.9 Å². The molecule has 1 fully saturated rings. The molecule has 2 heterocycles. The summed E-state index contributed by atoms with van der Waals surface area (Å²) < 4.78 is 6.50. The molecule has 1 aliphatic rings. The van der Waals surface area contributed by atoms with Gasteiger partial charge in [0.25, 0.3) is 0 Å². The van der Waals surface area contributed by atoms with Gasteiger partial charge in [0.15, 0.2) is 5.13 Å². The first-order chi connectivity index (χ1) is 14.1. The number of hydrogen-bond acceptors (Lipinski definition) is 5. The summed E-state index contributed by atoms with van der Waals surface area (Å²) in [5.41, 5.74) is 2.22. The molecular formula is C23H27N3O2S. The number of carbonyl (C=O) groups is 1. The molecule has 4 rings (SSSR count). The number of fused-ring (bicyclic) bond motifs is 1. The fourth-order valence-corrected chi connectivity index (χ4v) is 4.91. The lowest BCUT2D eigenvalue weighted by Crippen LogP contribution is -2.43. The van der Waals surface area contributed by atoms with Gasteiger partial charge in [0.2, 0.25) is 5.91 Å². The molecule has 0 spiro atoms. The maximum atomic E-state index is 12.7. The normalized spacial score (nSPS) is 16.0. The van der Waals surface area contributed by atoms with Gasteiger partial charge in [-0.25, -0.2) is 4.98 Å². The number of aromatic nitrogens is 1. The predicted octanol–water partition coefficient (Wildman–Crippen LogP) is 4.27. The van der Waals surface area contributed by atoms with E-state index in [1.54, 1.807) is 18.4 Å². The first-order valence-electron chi connectivity index (χ1n) is 10.2. The Morgan fingerprint density at radius 3 is 2.79 bits per heavy atom. The van der Waals surface area contributed by atoms with Crippen LogP contribution in [-0.4, -0.2) is 37.1 Å². The second-order valence-corrected chi connectivity index (χ2v) is 8.70. The number of anilines is 1. The quantitative estimate of drug-likeness (QED) is 0.661. The van der Waals surface area contributed by atoms with E-state index in [1.807, 2.05) is 30.3 Å². The largest absolute Gasteiger partial charge is 0.497 e. The van der Waals surface area contributed by atoms with Gasteiger partial charge in [-0.3, -0.25) is 4.79 Å². The van der Waals surface area contributed by atoms with Crippen LogP contribution >= 0.6 is 11.3 Å². The topological polar surface area (TPSA) is 54.5 Å². The molecule has 152 valence electrons. The third kappa shape index (κ3) is 4.70. The molecule has 0 bridgehead atoms. The van der Waals surface area contributed by atoms with Gasteiger partial charge in [0.1, 0.15) is 5.75 Å². The fraction of sp³-hybridized carbons (Fsp3) is 0.391. The third-order valence-corrected chi connectivity index (χ3v) is 6.58. The second-order valence-electron chi connectivity index (χ2n) is 7.69. The van der Waals surface area contributed by atoms with Gasteiger partial charge in [0.05, 0.1) is 17.3 Å². The Morgan fingerprint density at radius 2 is 2.03 bits per heavy atom. The van der Waals surface area contributed by atoms with Crippen LogP contribution in [0.4, 0.5) is 5.13 Å². The van der Waals surface area contributed by atoms with Gasteiger partial charge in [-0.05, 0) is 56.0 Å². The van der Waals surface area contributed by atoms with Crippen molar-refractivity contribution in [1.29, 1.82) is 0 Å². The molecule has 6 heteroatoms. The van der Waals surface area contributed by atoms with E-state index in [0.717, 1.165) is 48.7 Å². The molecule has 1 aromatic heterocycles. The van der Waals surface area contributed by atoms with Gasteiger partial charge in [-0.2, -0.15) is 0 Å². The lowest BCUT2D eigenvalue weighted by atomic mass is 9.95. The smallest absolute Gasteiger partial charge is 0.223 e. The Bertz CT molecular complexity index is 946. The molecule has 29 heavy (non-hydrogen) atoms. The molecule has 1 N–H and O–H groups in total. The fourth-order valence-electron chi connectivity index (χ4n) is 3.89. The van der Waals surface area contributed by atoms with Crippen molar-refractivity contribution >= 4 is 32.6 Å². The zero-order valence-corrected chi connectivity index (χ0v) is 17.7. The van der Waals surface area contributed by atoms with Gasteiger partial charge < -0.3 is 15.0 Å². The van der Waals surface area contributed by atoms with Crippen LogP contribution in [0.25, 0.3) is 10.2 Å². The van der Waals surface area contributed by atoms with Crippen LogP contribution in [0.3, 0.4) is 0 Å². The molecule has 0 radical (unpaired) electrons. The number of rotatable bonds is 6. The minimum atomic E-state index is 0.0772. The molecule has 1 aliphatic heterocycles. The number of nitrogens with zero attached hydrogens (tertiary/aromatic N) is 2. The first kappa shape index (κ1) is 19.7. The van der Waals surface area contributed by atoms with E-state index in [1.165, 1.54) is 10.3 Å². The Kier molecular flexibility index (Phi) is 6.00. The summed E-state index contributed by atoms with van der Waals surface area (Å²) in [5, 5.41) is 4.27. The highest BCUT2D eigenvalue weighted by Crippen LogP contribution is 2.31. The lowest BCUT2D eigenvalue weighted by molar-refractivity contribution is -0.126.